The quantitative estimate of drug-likeness (QED) is 0.836. The molecule has 0 fully saturated rings. The maximum atomic E-state index is 12.4. The minimum Gasteiger partial charge on any atom is -0.470 e. The lowest BCUT2D eigenvalue weighted by Crippen LogP contribution is -2.37. The van der Waals surface area contributed by atoms with Crippen LogP contribution in [0.5, 0.6) is 5.75 Å². The number of hydrogen-bond acceptors (Lipinski definition) is 4. The van der Waals surface area contributed by atoms with Gasteiger partial charge in [0.15, 0.2) is 6.23 Å². The summed E-state index contributed by atoms with van der Waals surface area (Å²) >= 11 is 3.47. The molecule has 0 saturated heterocycles. The molecule has 1 atom stereocenters. The van der Waals surface area contributed by atoms with Gasteiger partial charge in [-0.3, -0.25) is 5.73 Å². The van der Waals surface area contributed by atoms with Crippen molar-refractivity contribution in [3.63, 3.8) is 0 Å². The predicted octanol–water partition coefficient (Wildman–Crippen LogP) is 3.49. The fourth-order valence-corrected chi connectivity index (χ4v) is 2.99. The largest absolute Gasteiger partial charge is 0.470 e. The summed E-state index contributed by atoms with van der Waals surface area (Å²) in [5.74, 6) is 0.192. The van der Waals surface area contributed by atoms with E-state index in [1.165, 1.54) is 0 Å². The number of carbonyl (C=O) groups excluding carboxylic acids is 1. The van der Waals surface area contributed by atoms with Crippen molar-refractivity contribution in [3.8, 4) is 5.75 Å². The fourth-order valence-electron chi connectivity index (χ4n) is 2.63. The molecule has 0 radical (unpaired) electrons. The summed E-state index contributed by atoms with van der Waals surface area (Å²) in [6.07, 6.45) is -0.863. The second-order valence-corrected chi connectivity index (χ2v) is 5.97. The molecule has 0 saturated carbocycles. The van der Waals surface area contributed by atoms with Gasteiger partial charge in [-0.15, -0.1) is 0 Å². The van der Waals surface area contributed by atoms with Crippen molar-refractivity contribution in [2.45, 2.75) is 13.2 Å². The van der Waals surface area contributed by atoms with Crippen LogP contribution in [-0.2, 0) is 9.53 Å². The lowest BCUT2D eigenvalue weighted by atomic mass is 9.90. The van der Waals surface area contributed by atoms with Crippen molar-refractivity contribution in [3.05, 3.63) is 69.7 Å². The summed E-state index contributed by atoms with van der Waals surface area (Å²) in [5, 5.41) is 0. The highest BCUT2D eigenvalue weighted by molar-refractivity contribution is 9.10. The maximum absolute atomic E-state index is 12.4. The molecule has 1 aliphatic rings. The Hall–Kier alpha value is -2.11. The molecule has 3 rings (SSSR count). The van der Waals surface area contributed by atoms with Gasteiger partial charge in [-0.1, -0.05) is 46.3 Å². The molecule has 2 aromatic rings. The maximum Gasteiger partial charge on any atom is 0.339 e. The lowest BCUT2D eigenvalue weighted by Gasteiger charge is -2.28. The van der Waals surface area contributed by atoms with Crippen LogP contribution in [0.2, 0.25) is 0 Å². The van der Waals surface area contributed by atoms with Gasteiger partial charge in [0.1, 0.15) is 11.3 Å². The van der Waals surface area contributed by atoms with Crippen LogP contribution in [0.4, 0.5) is 0 Å². The molecule has 0 aromatic heterocycles. The van der Waals surface area contributed by atoms with E-state index >= 15 is 0 Å². The first-order chi connectivity index (χ1) is 11.1. The number of carbonyl (C=O) groups is 1. The van der Waals surface area contributed by atoms with E-state index in [-0.39, 0.29) is 6.61 Å². The smallest absolute Gasteiger partial charge is 0.339 e. The molecule has 1 aliphatic heterocycles. The van der Waals surface area contributed by atoms with Crippen LogP contribution in [0.25, 0.3) is 5.57 Å². The van der Waals surface area contributed by atoms with Gasteiger partial charge in [-0.25, -0.2) is 4.79 Å². The zero-order chi connectivity index (χ0) is 16.4. The van der Waals surface area contributed by atoms with Crippen molar-refractivity contribution < 1.29 is 14.3 Å². The first-order valence-corrected chi connectivity index (χ1v) is 8.10. The van der Waals surface area contributed by atoms with E-state index in [2.05, 4.69) is 15.9 Å². The fraction of sp³-hybridized carbons (Fsp3) is 0.167. The van der Waals surface area contributed by atoms with E-state index < -0.39 is 12.2 Å². The third kappa shape index (κ3) is 3.02. The van der Waals surface area contributed by atoms with Crippen molar-refractivity contribution in [2.75, 3.05) is 6.61 Å². The zero-order valence-corrected chi connectivity index (χ0v) is 14.2. The topological polar surface area (TPSA) is 61.5 Å². The summed E-state index contributed by atoms with van der Waals surface area (Å²) in [6, 6.07) is 15.3. The van der Waals surface area contributed by atoms with Crippen molar-refractivity contribution in [2.24, 2.45) is 5.73 Å². The van der Waals surface area contributed by atoms with E-state index in [0.717, 1.165) is 21.2 Å². The SMILES string of the molecule is CCOC(=O)C1=C(c2ccccc2)c2cc(Br)ccc2OC1N. The number of ether oxygens (including phenoxy) is 2. The molecule has 0 bridgehead atoms. The van der Waals surface area contributed by atoms with E-state index in [4.69, 9.17) is 15.2 Å². The molecule has 1 unspecified atom stereocenters. The normalized spacial score (nSPS) is 16.6. The Labute approximate surface area is 143 Å². The van der Waals surface area contributed by atoms with Crippen LogP contribution in [0.15, 0.2) is 58.6 Å². The Kier molecular flexibility index (Phi) is 4.50. The third-order valence-electron chi connectivity index (χ3n) is 3.58. The molecule has 23 heavy (non-hydrogen) atoms. The Morgan fingerprint density at radius 2 is 2.00 bits per heavy atom. The van der Waals surface area contributed by atoms with E-state index in [1.54, 1.807) is 6.92 Å². The number of nitrogens with two attached hydrogens (primary N) is 1. The van der Waals surface area contributed by atoms with Gasteiger partial charge in [0.05, 0.1) is 6.61 Å². The average Bonchev–Trinajstić information content (AvgIpc) is 2.55. The molecule has 2 aromatic carbocycles. The van der Waals surface area contributed by atoms with Crippen LogP contribution in [-0.4, -0.2) is 18.8 Å². The van der Waals surface area contributed by atoms with E-state index in [9.17, 15) is 4.79 Å². The molecular weight excluding hydrogens is 358 g/mol. The monoisotopic (exact) mass is 373 g/mol. The highest BCUT2D eigenvalue weighted by Gasteiger charge is 2.32. The predicted molar refractivity (Wildman–Crippen MR) is 91.8 cm³/mol. The minimum absolute atomic E-state index is 0.280. The summed E-state index contributed by atoms with van der Waals surface area (Å²) in [6.45, 7) is 2.04. The average molecular weight is 374 g/mol. The molecule has 0 spiro atoms. The minimum atomic E-state index is -0.863. The lowest BCUT2D eigenvalue weighted by molar-refractivity contribution is -0.139. The number of halogens is 1. The molecule has 0 aliphatic carbocycles. The summed E-state index contributed by atoms with van der Waals surface area (Å²) < 4.78 is 11.8. The Morgan fingerprint density at radius 1 is 1.26 bits per heavy atom. The van der Waals surface area contributed by atoms with Gasteiger partial charge in [0.25, 0.3) is 0 Å². The first-order valence-electron chi connectivity index (χ1n) is 7.30. The number of rotatable bonds is 3. The van der Waals surface area contributed by atoms with Crippen molar-refractivity contribution in [1.29, 1.82) is 0 Å². The van der Waals surface area contributed by atoms with Gasteiger partial charge in [0, 0.05) is 15.6 Å². The molecule has 1 heterocycles. The van der Waals surface area contributed by atoms with Crippen molar-refractivity contribution in [1.82, 2.24) is 0 Å². The second kappa shape index (κ2) is 6.56. The number of benzene rings is 2. The van der Waals surface area contributed by atoms with Gasteiger partial charge < -0.3 is 9.47 Å². The van der Waals surface area contributed by atoms with Gasteiger partial charge in [0.2, 0.25) is 0 Å². The number of fused-ring (bicyclic) bond motifs is 1. The Bertz CT molecular complexity index is 771. The van der Waals surface area contributed by atoms with Crippen molar-refractivity contribution >= 4 is 27.5 Å². The van der Waals surface area contributed by atoms with Gasteiger partial charge >= 0.3 is 5.97 Å². The van der Waals surface area contributed by atoms with Crippen LogP contribution in [0.3, 0.4) is 0 Å². The number of hydrogen-bond donors (Lipinski definition) is 1. The Morgan fingerprint density at radius 3 is 2.70 bits per heavy atom. The van der Waals surface area contributed by atoms with Gasteiger partial charge in [-0.05, 0) is 30.7 Å². The zero-order valence-electron chi connectivity index (χ0n) is 12.6. The van der Waals surface area contributed by atoms with Crippen LogP contribution < -0.4 is 10.5 Å². The second-order valence-electron chi connectivity index (χ2n) is 5.05. The molecule has 5 heteroatoms. The summed E-state index contributed by atoms with van der Waals surface area (Å²) in [5.41, 5.74) is 8.90. The summed E-state index contributed by atoms with van der Waals surface area (Å²) in [7, 11) is 0. The standard InChI is InChI=1S/C18H16BrNO3/c1-2-22-18(21)16-15(11-6-4-3-5-7-11)13-10-12(19)8-9-14(13)23-17(16)20/h3-10,17H,2,20H2,1H3. The first kappa shape index (κ1) is 15.8. The number of esters is 1. The molecular formula is C18H16BrNO3. The van der Waals surface area contributed by atoms with Crippen LogP contribution >= 0.6 is 15.9 Å². The molecule has 2 N–H and O–H groups in total. The van der Waals surface area contributed by atoms with E-state index in [1.807, 2.05) is 48.5 Å². The summed E-state index contributed by atoms with van der Waals surface area (Å²) in [4.78, 5) is 12.4. The third-order valence-corrected chi connectivity index (χ3v) is 4.07. The highest BCUT2D eigenvalue weighted by Crippen LogP contribution is 2.40. The molecule has 0 amide bonds. The van der Waals surface area contributed by atoms with Crippen LogP contribution in [0.1, 0.15) is 18.1 Å². The molecule has 118 valence electrons. The van der Waals surface area contributed by atoms with Crippen LogP contribution in [0, 0.1) is 0 Å². The highest BCUT2D eigenvalue weighted by atomic mass is 79.9. The Balaban J connectivity index is 2.28. The van der Waals surface area contributed by atoms with E-state index in [0.29, 0.717) is 11.3 Å². The van der Waals surface area contributed by atoms with Gasteiger partial charge in [-0.2, -0.15) is 0 Å². The molecule has 4 nitrogen and oxygen atoms in total.